The van der Waals surface area contributed by atoms with Crippen LogP contribution < -0.4 is 9.80 Å². The van der Waals surface area contributed by atoms with Crippen molar-refractivity contribution in [2.75, 3.05) is 42.5 Å². The van der Waals surface area contributed by atoms with Crippen LogP contribution in [-0.4, -0.2) is 67.7 Å². The lowest BCUT2D eigenvalue weighted by molar-refractivity contribution is -0.170. The number of hydrogen-bond donors (Lipinski definition) is 0. The van der Waals surface area contributed by atoms with Gasteiger partial charge in [0.2, 0.25) is 10.0 Å². The van der Waals surface area contributed by atoms with Crippen LogP contribution in [0, 0.1) is 0 Å². The highest BCUT2D eigenvalue weighted by Gasteiger charge is 2.45. The first kappa shape index (κ1) is 22.1. The van der Waals surface area contributed by atoms with E-state index in [9.17, 15) is 26.4 Å². The van der Waals surface area contributed by atoms with E-state index < -0.39 is 22.1 Å². The van der Waals surface area contributed by atoms with Gasteiger partial charge in [0, 0.05) is 44.3 Å². The second-order valence-electron chi connectivity index (χ2n) is 8.48. The van der Waals surface area contributed by atoms with E-state index in [4.69, 9.17) is 0 Å². The number of hydrogen-bond acceptors (Lipinski definition) is 6. The monoisotopic (exact) mass is 481 g/mol. The van der Waals surface area contributed by atoms with Crippen molar-refractivity contribution in [1.29, 1.82) is 0 Å². The second kappa shape index (κ2) is 7.94. The largest absolute Gasteiger partial charge is 0.471 e. The fourth-order valence-corrected chi connectivity index (χ4v) is 5.78. The van der Waals surface area contributed by atoms with Gasteiger partial charge in [0.25, 0.3) is 0 Å². The number of benzene rings is 1. The highest BCUT2D eigenvalue weighted by Crippen LogP contribution is 2.39. The Morgan fingerprint density at radius 1 is 0.970 bits per heavy atom. The molecule has 0 bridgehead atoms. The number of halogens is 3. The first-order chi connectivity index (χ1) is 15.6. The summed E-state index contributed by atoms with van der Waals surface area (Å²) in [5.41, 5.74) is 1.51. The molecule has 0 atom stereocenters. The van der Waals surface area contributed by atoms with Crippen LogP contribution >= 0.6 is 0 Å². The number of piperazine rings is 1. The van der Waals surface area contributed by atoms with Gasteiger partial charge in [0.1, 0.15) is 0 Å². The van der Waals surface area contributed by atoms with Gasteiger partial charge in [0.05, 0.1) is 10.6 Å². The molecule has 0 spiro atoms. The summed E-state index contributed by atoms with van der Waals surface area (Å²) in [6, 6.07) is 7.82. The van der Waals surface area contributed by atoms with Crippen molar-refractivity contribution in [2.24, 2.45) is 0 Å². The van der Waals surface area contributed by atoms with Crippen molar-refractivity contribution >= 4 is 27.4 Å². The number of amides is 1. The Hall–Kier alpha value is -2.73. The molecule has 1 saturated carbocycles. The number of anilines is 2. The summed E-state index contributed by atoms with van der Waals surface area (Å²) in [6.07, 6.45) is -2.52. The van der Waals surface area contributed by atoms with Crippen LogP contribution in [0.4, 0.5) is 24.7 Å². The lowest BCUT2D eigenvalue weighted by atomic mass is 10.2. The molecule has 1 amide bonds. The highest BCUT2D eigenvalue weighted by molar-refractivity contribution is 7.89. The normalized spacial score (nSPS) is 19.6. The Kier molecular flexibility index (Phi) is 5.31. The van der Waals surface area contributed by atoms with E-state index in [-0.39, 0.29) is 36.6 Å². The topological polar surface area (TPSA) is 86.7 Å². The summed E-state index contributed by atoms with van der Waals surface area (Å²) in [5.74, 6) is -0.718. The van der Waals surface area contributed by atoms with Gasteiger partial charge in [-0.2, -0.15) is 22.6 Å². The van der Waals surface area contributed by atoms with Crippen LogP contribution in [0.5, 0.6) is 0 Å². The minimum absolute atomic E-state index is 0.0181. The summed E-state index contributed by atoms with van der Waals surface area (Å²) in [6.45, 7) is 1.29. The van der Waals surface area contributed by atoms with Crippen LogP contribution in [0.25, 0.3) is 0 Å². The highest BCUT2D eigenvalue weighted by atomic mass is 32.2. The van der Waals surface area contributed by atoms with Crippen molar-refractivity contribution in [2.45, 2.75) is 36.3 Å². The van der Waals surface area contributed by atoms with Gasteiger partial charge < -0.3 is 9.80 Å². The average molecular weight is 482 g/mol. The number of fused-ring (bicyclic) bond motifs is 1. The molecule has 3 aliphatic rings. The third-order valence-electron chi connectivity index (χ3n) is 6.30. The fraction of sp³-hybridized carbons (Fsp3) is 0.476. The number of nitrogens with zero attached hydrogens (tertiary/aromatic N) is 5. The minimum Gasteiger partial charge on any atom is -0.352 e. The summed E-state index contributed by atoms with van der Waals surface area (Å²) in [7, 11) is -3.82. The van der Waals surface area contributed by atoms with E-state index in [1.807, 2.05) is 17.0 Å². The van der Waals surface area contributed by atoms with E-state index in [1.165, 1.54) is 22.5 Å². The maximum Gasteiger partial charge on any atom is 0.471 e. The summed E-state index contributed by atoms with van der Waals surface area (Å²) >= 11 is 0. The van der Waals surface area contributed by atoms with Gasteiger partial charge in [-0.15, -0.1) is 5.10 Å². The van der Waals surface area contributed by atoms with Crippen molar-refractivity contribution in [3.63, 3.8) is 0 Å². The minimum atomic E-state index is -4.98. The Balaban J connectivity index is 1.27. The Morgan fingerprint density at radius 3 is 2.30 bits per heavy atom. The number of aromatic nitrogens is 2. The van der Waals surface area contributed by atoms with Crippen LogP contribution in [0.2, 0.25) is 0 Å². The first-order valence-electron chi connectivity index (χ1n) is 10.7. The van der Waals surface area contributed by atoms with Crippen LogP contribution in [0.15, 0.2) is 35.2 Å². The first-order valence-corrected chi connectivity index (χ1v) is 12.2. The van der Waals surface area contributed by atoms with E-state index in [0.717, 1.165) is 18.5 Å². The fourth-order valence-electron chi connectivity index (χ4n) is 4.31. The van der Waals surface area contributed by atoms with Crippen molar-refractivity contribution in [3.05, 3.63) is 41.6 Å². The van der Waals surface area contributed by atoms with Crippen LogP contribution in [0.3, 0.4) is 0 Å². The average Bonchev–Trinajstić information content (AvgIpc) is 3.57. The number of rotatable bonds is 4. The zero-order chi connectivity index (χ0) is 23.4. The molecule has 12 heteroatoms. The lowest BCUT2D eigenvalue weighted by Gasteiger charge is -2.34. The standard InChI is InChI=1S/C21H22F3N5O3S/c22-21(23,24)20(30)29-8-7-15-13-16(3-5-18(15)29)33(31,32)28-11-9-27(10-12-28)19-6-4-17(25-26-19)14-1-2-14/h3-6,13-14H,1-2,7-12H2. The van der Waals surface area contributed by atoms with Crippen molar-refractivity contribution < 1.29 is 26.4 Å². The van der Waals surface area contributed by atoms with Gasteiger partial charge in [-0.1, -0.05) is 0 Å². The molecule has 33 heavy (non-hydrogen) atoms. The molecule has 2 aromatic rings. The molecule has 8 nitrogen and oxygen atoms in total. The molecule has 0 unspecified atom stereocenters. The molecule has 2 aliphatic heterocycles. The van der Waals surface area contributed by atoms with Gasteiger partial charge >= 0.3 is 12.1 Å². The number of carbonyl (C=O) groups is 1. The molecule has 1 saturated heterocycles. The zero-order valence-corrected chi connectivity index (χ0v) is 18.4. The zero-order valence-electron chi connectivity index (χ0n) is 17.6. The van der Waals surface area contributed by atoms with Gasteiger partial charge in [0.15, 0.2) is 5.82 Å². The molecule has 0 radical (unpaired) electrons. The predicted octanol–water partition coefficient (Wildman–Crippen LogP) is 2.32. The van der Waals surface area contributed by atoms with Crippen LogP contribution in [0.1, 0.15) is 30.0 Å². The molecule has 3 heterocycles. The molecular formula is C21H22F3N5O3S. The predicted molar refractivity (Wildman–Crippen MR) is 114 cm³/mol. The van der Waals surface area contributed by atoms with Crippen molar-refractivity contribution in [1.82, 2.24) is 14.5 Å². The smallest absolute Gasteiger partial charge is 0.352 e. The Labute approximate surface area is 189 Å². The lowest BCUT2D eigenvalue weighted by Crippen LogP contribution is -2.49. The van der Waals surface area contributed by atoms with Crippen LogP contribution in [-0.2, 0) is 21.2 Å². The van der Waals surface area contributed by atoms with Crippen molar-refractivity contribution in [3.8, 4) is 0 Å². The number of carbonyl (C=O) groups excluding carboxylic acids is 1. The SMILES string of the molecule is O=C(N1CCc2cc(S(=O)(=O)N3CCN(c4ccc(C5CC5)nn4)CC3)ccc21)C(F)(F)F. The molecule has 1 aromatic carbocycles. The summed E-state index contributed by atoms with van der Waals surface area (Å²) in [4.78, 5) is 14.3. The quantitative estimate of drug-likeness (QED) is 0.666. The van der Waals surface area contributed by atoms with E-state index in [2.05, 4.69) is 10.2 Å². The summed E-state index contributed by atoms with van der Waals surface area (Å²) in [5, 5.41) is 8.56. The molecule has 176 valence electrons. The van der Waals surface area contributed by atoms with Gasteiger partial charge in [-0.25, -0.2) is 8.42 Å². The number of sulfonamides is 1. The van der Waals surface area contributed by atoms with E-state index in [0.29, 0.717) is 35.3 Å². The Bertz CT molecular complexity index is 1170. The molecule has 1 aliphatic carbocycles. The molecular weight excluding hydrogens is 459 g/mol. The Morgan fingerprint density at radius 2 is 1.70 bits per heavy atom. The molecule has 0 N–H and O–H groups in total. The summed E-state index contributed by atoms with van der Waals surface area (Å²) < 4.78 is 66.1. The van der Waals surface area contributed by atoms with Gasteiger partial charge in [-0.05, 0) is 55.2 Å². The maximum absolute atomic E-state index is 13.2. The second-order valence-corrected chi connectivity index (χ2v) is 10.4. The molecule has 5 rings (SSSR count). The molecule has 2 fully saturated rings. The number of alkyl halides is 3. The van der Waals surface area contributed by atoms with E-state index in [1.54, 1.807) is 0 Å². The van der Waals surface area contributed by atoms with E-state index >= 15 is 0 Å². The maximum atomic E-state index is 13.2. The molecule has 1 aromatic heterocycles. The third kappa shape index (κ3) is 4.17. The third-order valence-corrected chi connectivity index (χ3v) is 8.20. The van der Waals surface area contributed by atoms with Gasteiger partial charge in [-0.3, -0.25) is 4.79 Å².